The van der Waals surface area contributed by atoms with Gasteiger partial charge in [-0.25, -0.2) is 8.42 Å². The van der Waals surface area contributed by atoms with Gasteiger partial charge < -0.3 is 10.4 Å². The Bertz CT molecular complexity index is 733. The number of carboxylic acid groups (broad SMARTS) is 1. The summed E-state index contributed by atoms with van der Waals surface area (Å²) in [5.74, 6) is -1.53. The average Bonchev–Trinajstić information content (AvgIpc) is 2.50. The van der Waals surface area contributed by atoms with Crippen molar-refractivity contribution in [3.8, 4) is 0 Å². The molecule has 24 heavy (non-hydrogen) atoms. The predicted molar refractivity (Wildman–Crippen MR) is 91.4 cm³/mol. The van der Waals surface area contributed by atoms with E-state index in [0.29, 0.717) is 36.9 Å². The van der Waals surface area contributed by atoms with E-state index >= 15 is 0 Å². The van der Waals surface area contributed by atoms with E-state index in [-0.39, 0.29) is 23.5 Å². The van der Waals surface area contributed by atoms with E-state index in [9.17, 15) is 18.0 Å². The van der Waals surface area contributed by atoms with Crippen molar-refractivity contribution in [3.63, 3.8) is 0 Å². The van der Waals surface area contributed by atoms with Crippen molar-refractivity contribution < 1.29 is 23.1 Å². The summed E-state index contributed by atoms with van der Waals surface area (Å²) in [6.07, 6.45) is 3.33. The van der Waals surface area contributed by atoms with Gasteiger partial charge in [-0.05, 0) is 49.8 Å². The third-order valence-electron chi connectivity index (χ3n) is 4.57. The van der Waals surface area contributed by atoms with Crippen LogP contribution in [0.3, 0.4) is 0 Å². The minimum Gasteiger partial charge on any atom is -0.481 e. The van der Waals surface area contributed by atoms with Crippen molar-refractivity contribution in [2.45, 2.75) is 38.4 Å². The first-order chi connectivity index (χ1) is 11.2. The third kappa shape index (κ3) is 4.80. The lowest BCUT2D eigenvalue weighted by Gasteiger charge is -2.25. The Labute approximate surface area is 142 Å². The molecule has 1 saturated carbocycles. The molecule has 1 aromatic carbocycles. The molecule has 132 valence electrons. The zero-order valence-electron chi connectivity index (χ0n) is 13.9. The highest BCUT2D eigenvalue weighted by molar-refractivity contribution is 7.89. The van der Waals surface area contributed by atoms with E-state index in [4.69, 9.17) is 5.11 Å². The van der Waals surface area contributed by atoms with E-state index in [0.717, 1.165) is 5.56 Å². The molecule has 0 aliphatic heterocycles. The van der Waals surface area contributed by atoms with E-state index < -0.39 is 15.8 Å². The Morgan fingerprint density at radius 2 is 1.75 bits per heavy atom. The minimum atomic E-state index is -3.15. The first kappa shape index (κ1) is 18.4. The molecule has 0 spiro atoms. The zero-order valence-corrected chi connectivity index (χ0v) is 14.7. The molecule has 2 rings (SSSR count). The van der Waals surface area contributed by atoms with Crippen molar-refractivity contribution in [3.05, 3.63) is 29.3 Å². The predicted octanol–water partition coefficient (Wildman–Crippen LogP) is 2.37. The highest BCUT2D eigenvalue weighted by Gasteiger charge is 2.29. The largest absolute Gasteiger partial charge is 0.481 e. The number of rotatable bonds is 5. The molecule has 0 bridgehead atoms. The molecular weight excluding hydrogens is 330 g/mol. The van der Waals surface area contributed by atoms with Crippen LogP contribution in [0, 0.1) is 18.8 Å². The number of amides is 1. The maximum absolute atomic E-state index is 12.4. The fourth-order valence-electron chi connectivity index (χ4n) is 3.10. The lowest BCUT2D eigenvalue weighted by molar-refractivity contribution is -0.143. The van der Waals surface area contributed by atoms with Gasteiger partial charge in [0.2, 0.25) is 5.91 Å². The van der Waals surface area contributed by atoms with Crippen LogP contribution in [0.1, 0.15) is 36.8 Å². The lowest BCUT2D eigenvalue weighted by Crippen LogP contribution is -2.29. The SMILES string of the molecule is Cc1c(CS(C)(=O)=O)cccc1NC(=O)C1CCC(C(=O)O)CC1. The molecule has 0 aromatic heterocycles. The van der Waals surface area contributed by atoms with Crippen molar-refractivity contribution in [2.75, 3.05) is 11.6 Å². The van der Waals surface area contributed by atoms with Gasteiger partial charge in [0.15, 0.2) is 9.84 Å². The van der Waals surface area contributed by atoms with Crippen LogP contribution >= 0.6 is 0 Å². The van der Waals surface area contributed by atoms with Crippen molar-refractivity contribution >= 4 is 27.4 Å². The van der Waals surface area contributed by atoms with Crippen LogP contribution in [0.4, 0.5) is 5.69 Å². The Hall–Kier alpha value is -1.89. The van der Waals surface area contributed by atoms with Gasteiger partial charge >= 0.3 is 5.97 Å². The number of hydrogen-bond donors (Lipinski definition) is 2. The number of sulfone groups is 1. The van der Waals surface area contributed by atoms with Crippen LogP contribution in [0.15, 0.2) is 18.2 Å². The van der Waals surface area contributed by atoms with E-state index in [1.54, 1.807) is 25.1 Å². The number of anilines is 1. The highest BCUT2D eigenvalue weighted by atomic mass is 32.2. The molecule has 1 aliphatic rings. The van der Waals surface area contributed by atoms with Gasteiger partial charge in [-0.15, -0.1) is 0 Å². The summed E-state index contributed by atoms with van der Waals surface area (Å²) in [6, 6.07) is 5.22. The van der Waals surface area contributed by atoms with Gasteiger partial charge in [0, 0.05) is 17.9 Å². The number of aliphatic carboxylic acids is 1. The summed E-state index contributed by atoms with van der Waals surface area (Å²) in [6.45, 7) is 1.79. The summed E-state index contributed by atoms with van der Waals surface area (Å²) >= 11 is 0. The lowest BCUT2D eigenvalue weighted by atomic mass is 9.81. The molecule has 0 radical (unpaired) electrons. The number of hydrogen-bond acceptors (Lipinski definition) is 4. The summed E-state index contributed by atoms with van der Waals surface area (Å²) in [7, 11) is -3.15. The van der Waals surface area contributed by atoms with Crippen LogP contribution in [-0.4, -0.2) is 31.7 Å². The third-order valence-corrected chi connectivity index (χ3v) is 5.40. The molecule has 0 unspecified atom stereocenters. The summed E-state index contributed by atoms with van der Waals surface area (Å²) < 4.78 is 23.0. The molecule has 1 amide bonds. The Balaban J connectivity index is 2.05. The van der Waals surface area contributed by atoms with Crippen molar-refractivity contribution in [1.82, 2.24) is 0 Å². The fourth-order valence-corrected chi connectivity index (χ4v) is 3.97. The molecule has 6 nitrogen and oxygen atoms in total. The van der Waals surface area contributed by atoms with Crippen LogP contribution < -0.4 is 5.32 Å². The molecule has 0 heterocycles. The maximum atomic E-state index is 12.4. The average molecular weight is 353 g/mol. The molecule has 1 aliphatic carbocycles. The standard InChI is InChI=1S/C17H23NO5S/c1-11-14(10-24(2,22)23)4-3-5-15(11)18-16(19)12-6-8-13(9-7-12)17(20)21/h3-5,12-13H,6-10H2,1-2H3,(H,18,19)(H,20,21). The Kier molecular flexibility index (Phi) is 5.64. The smallest absolute Gasteiger partial charge is 0.306 e. The van der Waals surface area contributed by atoms with Crippen LogP contribution in [0.5, 0.6) is 0 Å². The fraction of sp³-hybridized carbons (Fsp3) is 0.529. The van der Waals surface area contributed by atoms with Gasteiger partial charge in [-0.3, -0.25) is 9.59 Å². The zero-order chi connectivity index (χ0) is 17.9. The van der Waals surface area contributed by atoms with Crippen LogP contribution in [-0.2, 0) is 25.2 Å². The second-order valence-electron chi connectivity index (χ2n) is 6.54. The Morgan fingerprint density at radius 1 is 1.17 bits per heavy atom. The highest BCUT2D eigenvalue weighted by Crippen LogP contribution is 2.30. The van der Waals surface area contributed by atoms with E-state index in [1.165, 1.54) is 6.26 Å². The minimum absolute atomic E-state index is 0.0632. The molecule has 0 atom stereocenters. The van der Waals surface area contributed by atoms with Crippen LogP contribution in [0.2, 0.25) is 0 Å². The number of nitrogens with one attached hydrogen (secondary N) is 1. The van der Waals surface area contributed by atoms with Crippen LogP contribution in [0.25, 0.3) is 0 Å². The molecule has 7 heteroatoms. The van der Waals surface area contributed by atoms with Gasteiger partial charge in [-0.1, -0.05) is 12.1 Å². The molecule has 2 N–H and O–H groups in total. The van der Waals surface area contributed by atoms with E-state index in [1.807, 2.05) is 0 Å². The number of carboxylic acids is 1. The number of benzene rings is 1. The van der Waals surface area contributed by atoms with Gasteiger partial charge in [-0.2, -0.15) is 0 Å². The first-order valence-corrected chi connectivity index (χ1v) is 10.0. The Morgan fingerprint density at radius 3 is 2.29 bits per heavy atom. The summed E-state index contributed by atoms with van der Waals surface area (Å²) in [4.78, 5) is 23.4. The second kappa shape index (κ2) is 7.34. The number of carbonyl (C=O) groups excluding carboxylic acids is 1. The monoisotopic (exact) mass is 353 g/mol. The van der Waals surface area contributed by atoms with Gasteiger partial charge in [0.05, 0.1) is 11.7 Å². The second-order valence-corrected chi connectivity index (χ2v) is 8.68. The maximum Gasteiger partial charge on any atom is 0.306 e. The van der Waals surface area contributed by atoms with Crippen molar-refractivity contribution in [2.24, 2.45) is 11.8 Å². The molecule has 1 aromatic rings. The quantitative estimate of drug-likeness (QED) is 0.846. The molecule has 0 saturated heterocycles. The van der Waals surface area contributed by atoms with Gasteiger partial charge in [0.1, 0.15) is 0 Å². The summed E-state index contributed by atoms with van der Waals surface area (Å²) in [5, 5.41) is 11.9. The van der Waals surface area contributed by atoms with Gasteiger partial charge in [0.25, 0.3) is 0 Å². The topological polar surface area (TPSA) is 101 Å². The molecular formula is C17H23NO5S. The summed E-state index contributed by atoms with van der Waals surface area (Å²) in [5.41, 5.74) is 2.03. The molecule has 1 fully saturated rings. The normalized spacial score (nSPS) is 21.2. The first-order valence-electron chi connectivity index (χ1n) is 7.97. The van der Waals surface area contributed by atoms with Crippen molar-refractivity contribution in [1.29, 1.82) is 0 Å². The number of carbonyl (C=O) groups is 2. The van der Waals surface area contributed by atoms with E-state index in [2.05, 4.69) is 5.32 Å².